The zero-order valence-corrected chi connectivity index (χ0v) is 18.2. The summed E-state index contributed by atoms with van der Waals surface area (Å²) >= 11 is 0. The van der Waals surface area contributed by atoms with Crippen LogP contribution in [0.3, 0.4) is 0 Å². The number of nitrogens with zero attached hydrogens (tertiary/aromatic N) is 4. The first kappa shape index (κ1) is 20.4. The highest BCUT2D eigenvalue weighted by atomic mass is 16.2. The van der Waals surface area contributed by atoms with Crippen LogP contribution in [0.25, 0.3) is 11.3 Å². The predicted octanol–water partition coefficient (Wildman–Crippen LogP) is 2.41. The van der Waals surface area contributed by atoms with Gasteiger partial charge >= 0.3 is 0 Å². The lowest BCUT2D eigenvalue weighted by Gasteiger charge is -2.06. The molecule has 2 N–H and O–H groups in total. The van der Waals surface area contributed by atoms with E-state index in [0.717, 1.165) is 30.3 Å². The second-order valence-corrected chi connectivity index (χ2v) is 9.15. The van der Waals surface area contributed by atoms with E-state index < -0.39 is 5.91 Å². The molecule has 0 bridgehead atoms. The summed E-state index contributed by atoms with van der Waals surface area (Å²) in [6.45, 7) is 6.73. The van der Waals surface area contributed by atoms with Crippen molar-refractivity contribution in [2.24, 2.45) is 11.3 Å². The smallest absolute Gasteiger partial charge is 0.270 e. The van der Waals surface area contributed by atoms with Crippen LogP contribution in [0.1, 0.15) is 42.0 Å². The topological polar surface area (TPSA) is 92.8 Å². The van der Waals surface area contributed by atoms with Gasteiger partial charge in [0.1, 0.15) is 17.0 Å². The predicted molar refractivity (Wildman–Crippen MR) is 121 cm³/mol. The fourth-order valence-electron chi connectivity index (χ4n) is 4.03. The standard InChI is InChI=1S/C24H26N6O2/c1-24(2)10-17(24)12-25-11-16-6-7-20-27-18(15-29(20)14-16)13-26-23(32)19-9-22(31)30-8-4-3-5-21(30)28-19/h3-9,14-15,17,25H,10-13H2,1-2H3,(H,26,32). The number of nitrogens with one attached hydrogen (secondary N) is 2. The Balaban J connectivity index is 1.22. The molecule has 1 atom stereocenters. The van der Waals surface area contributed by atoms with Gasteiger partial charge < -0.3 is 15.0 Å². The Bertz CT molecular complexity index is 1370. The van der Waals surface area contributed by atoms with E-state index in [1.807, 2.05) is 16.7 Å². The lowest BCUT2D eigenvalue weighted by molar-refractivity contribution is 0.0945. The van der Waals surface area contributed by atoms with E-state index in [1.54, 1.807) is 24.4 Å². The summed E-state index contributed by atoms with van der Waals surface area (Å²) in [6, 6.07) is 10.5. The minimum absolute atomic E-state index is 0.0946. The van der Waals surface area contributed by atoms with E-state index >= 15 is 0 Å². The molecule has 1 amide bonds. The summed E-state index contributed by atoms with van der Waals surface area (Å²) in [7, 11) is 0. The number of hydrogen-bond acceptors (Lipinski definition) is 5. The molecule has 1 fully saturated rings. The fourth-order valence-corrected chi connectivity index (χ4v) is 4.03. The first-order valence-corrected chi connectivity index (χ1v) is 10.8. The molecule has 0 spiro atoms. The van der Waals surface area contributed by atoms with Gasteiger partial charge in [-0.3, -0.25) is 14.0 Å². The SMILES string of the molecule is CC1(C)CC1CNCc1ccc2nc(CNC(=O)c3cc(=O)n4ccccc4n3)cn2c1. The van der Waals surface area contributed by atoms with Crippen molar-refractivity contribution in [3.05, 3.63) is 82.3 Å². The Morgan fingerprint density at radius 1 is 1.12 bits per heavy atom. The van der Waals surface area contributed by atoms with Gasteiger partial charge in [0.25, 0.3) is 11.5 Å². The number of imidazole rings is 1. The van der Waals surface area contributed by atoms with Gasteiger partial charge in [-0.2, -0.15) is 0 Å². The first-order valence-electron chi connectivity index (χ1n) is 10.8. The van der Waals surface area contributed by atoms with E-state index in [-0.39, 0.29) is 17.8 Å². The van der Waals surface area contributed by atoms with Gasteiger partial charge in [-0.25, -0.2) is 9.97 Å². The normalized spacial score (nSPS) is 17.0. The van der Waals surface area contributed by atoms with Gasteiger partial charge in [-0.15, -0.1) is 0 Å². The molecule has 4 heterocycles. The summed E-state index contributed by atoms with van der Waals surface area (Å²) in [5.74, 6) is 0.362. The monoisotopic (exact) mass is 430 g/mol. The Hall–Kier alpha value is -3.52. The molecular formula is C24H26N6O2. The lowest BCUT2D eigenvalue weighted by Crippen LogP contribution is -2.27. The molecule has 32 heavy (non-hydrogen) atoms. The van der Waals surface area contributed by atoms with Crippen molar-refractivity contribution in [2.75, 3.05) is 6.54 Å². The zero-order chi connectivity index (χ0) is 22.3. The van der Waals surface area contributed by atoms with Crippen LogP contribution in [0.5, 0.6) is 0 Å². The van der Waals surface area contributed by atoms with Crippen molar-refractivity contribution in [1.82, 2.24) is 29.4 Å². The van der Waals surface area contributed by atoms with Crippen molar-refractivity contribution in [1.29, 1.82) is 0 Å². The van der Waals surface area contributed by atoms with Gasteiger partial charge in [-0.1, -0.05) is 26.0 Å². The number of fused-ring (bicyclic) bond motifs is 2. The molecular weight excluding hydrogens is 404 g/mol. The zero-order valence-electron chi connectivity index (χ0n) is 18.2. The summed E-state index contributed by atoms with van der Waals surface area (Å²) < 4.78 is 3.37. The Labute approximate surface area is 185 Å². The number of aromatic nitrogens is 4. The minimum Gasteiger partial charge on any atom is -0.345 e. The van der Waals surface area contributed by atoms with Crippen molar-refractivity contribution >= 4 is 17.2 Å². The third-order valence-corrected chi connectivity index (χ3v) is 6.23. The fraction of sp³-hybridized carbons (Fsp3) is 0.333. The average Bonchev–Trinajstić information content (AvgIpc) is 3.19. The molecule has 164 valence electrons. The molecule has 5 rings (SSSR count). The maximum atomic E-state index is 12.5. The van der Waals surface area contributed by atoms with E-state index in [9.17, 15) is 9.59 Å². The Morgan fingerprint density at radius 2 is 1.97 bits per heavy atom. The van der Waals surface area contributed by atoms with Crippen molar-refractivity contribution in [3.8, 4) is 0 Å². The highest BCUT2D eigenvalue weighted by Crippen LogP contribution is 2.50. The first-order chi connectivity index (χ1) is 15.4. The van der Waals surface area contributed by atoms with E-state index in [2.05, 4.69) is 46.7 Å². The van der Waals surface area contributed by atoms with Crippen LogP contribution in [0.15, 0.2) is 59.8 Å². The summed E-state index contributed by atoms with van der Waals surface area (Å²) in [5.41, 5.74) is 3.46. The summed E-state index contributed by atoms with van der Waals surface area (Å²) in [4.78, 5) is 33.6. The minimum atomic E-state index is -0.404. The van der Waals surface area contributed by atoms with Crippen molar-refractivity contribution in [3.63, 3.8) is 0 Å². The summed E-state index contributed by atoms with van der Waals surface area (Å²) in [5, 5.41) is 6.35. The number of amides is 1. The largest absolute Gasteiger partial charge is 0.345 e. The van der Waals surface area contributed by atoms with Crippen molar-refractivity contribution < 1.29 is 4.79 Å². The Kier molecular flexibility index (Phi) is 5.01. The third-order valence-electron chi connectivity index (χ3n) is 6.23. The van der Waals surface area contributed by atoms with E-state index in [0.29, 0.717) is 11.1 Å². The van der Waals surface area contributed by atoms with Crippen molar-refractivity contribution in [2.45, 2.75) is 33.4 Å². The lowest BCUT2D eigenvalue weighted by atomic mass is 10.1. The second-order valence-electron chi connectivity index (χ2n) is 9.15. The molecule has 1 unspecified atom stereocenters. The molecule has 0 radical (unpaired) electrons. The highest BCUT2D eigenvalue weighted by Gasteiger charge is 2.44. The van der Waals surface area contributed by atoms with Crippen LogP contribution in [0, 0.1) is 11.3 Å². The van der Waals surface area contributed by atoms with Crippen LogP contribution in [-0.4, -0.2) is 31.2 Å². The number of rotatable bonds is 7. The molecule has 1 aliphatic carbocycles. The van der Waals surface area contributed by atoms with Gasteiger partial charge in [0.2, 0.25) is 0 Å². The number of carbonyl (C=O) groups excluding carboxylic acids is 1. The molecule has 0 saturated heterocycles. The number of pyridine rings is 2. The molecule has 0 aromatic carbocycles. The highest BCUT2D eigenvalue weighted by molar-refractivity contribution is 5.92. The molecule has 1 aliphatic rings. The number of carbonyl (C=O) groups is 1. The van der Waals surface area contributed by atoms with Gasteiger partial charge in [0.15, 0.2) is 0 Å². The van der Waals surface area contributed by atoms with Gasteiger partial charge in [0.05, 0.1) is 12.2 Å². The average molecular weight is 431 g/mol. The molecule has 0 aliphatic heterocycles. The van der Waals surface area contributed by atoms with Crippen LogP contribution >= 0.6 is 0 Å². The molecule has 4 aromatic heterocycles. The maximum absolute atomic E-state index is 12.5. The van der Waals surface area contributed by atoms with E-state index in [1.165, 1.54) is 22.5 Å². The van der Waals surface area contributed by atoms with Crippen LogP contribution in [0.4, 0.5) is 0 Å². The molecule has 1 saturated carbocycles. The number of hydrogen-bond donors (Lipinski definition) is 2. The van der Waals surface area contributed by atoms with Gasteiger partial charge in [-0.05, 0) is 48.1 Å². The second kappa shape index (κ2) is 7.87. The maximum Gasteiger partial charge on any atom is 0.270 e. The van der Waals surface area contributed by atoms with Crippen LogP contribution < -0.4 is 16.2 Å². The van der Waals surface area contributed by atoms with Gasteiger partial charge in [0, 0.05) is 31.2 Å². The molecule has 8 nitrogen and oxygen atoms in total. The molecule has 8 heteroatoms. The quantitative estimate of drug-likeness (QED) is 0.470. The van der Waals surface area contributed by atoms with E-state index in [4.69, 9.17) is 0 Å². The van der Waals surface area contributed by atoms with Crippen LogP contribution in [0.2, 0.25) is 0 Å². The molecule has 4 aromatic rings. The van der Waals surface area contributed by atoms with Crippen LogP contribution in [-0.2, 0) is 13.1 Å². The summed E-state index contributed by atoms with van der Waals surface area (Å²) in [6.07, 6.45) is 6.88. The Morgan fingerprint density at radius 3 is 2.78 bits per heavy atom. The third kappa shape index (κ3) is 4.13.